The molecule has 0 aliphatic carbocycles. The van der Waals surface area contributed by atoms with E-state index in [1.807, 2.05) is 4.90 Å². The van der Waals surface area contributed by atoms with Crippen molar-refractivity contribution in [3.05, 3.63) is 23.9 Å². The molecular formula is C13H16N2O4. The largest absolute Gasteiger partial charge is 0.469 e. The normalized spacial score (nSPS) is 18.2. The minimum Gasteiger partial charge on any atom is -0.469 e. The van der Waals surface area contributed by atoms with Crippen molar-refractivity contribution in [3.8, 4) is 0 Å². The van der Waals surface area contributed by atoms with Crippen molar-refractivity contribution in [1.82, 2.24) is 4.98 Å². The van der Waals surface area contributed by atoms with Crippen LogP contribution in [0.2, 0.25) is 0 Å². The third kappa shape index (κ3) is 2.83. The van der Waals surface area contributed by atoms with Gasteiger partial charge in [0.25, 0.3) is 0 Å². The van der Waals surface area contributed by atoms with Gasteiger partial charge in [0.05, 0.1) is 25.7 Å². The molecule has 1 aliphatic heterocycles. The summed E-state index contributed by atoms with van der Waals surface area (Å²) in [7, 11) is 2.73. The minimum absolute atomic E-state index is 0.131. The van der Waals surface area contributed by atoms with Crippen molar-refractivity contribution in [2.75, 3.05) is 32.2 Å². The molecule has 2 rings (SSSR count). The van der Waals surface area contributed by atoms with E-state index in [0.717, 1.165) is 13.0 Å². The van der Waals surface area contributed by atoms with Crippen LogP contribution in [0.3, 0.4) is 0 Å². The molecule has 1 unspecified atom stereocenters. The molecule has 102 valence electrons. The Morgan fingerprint density at radius 3 is 2.84 bits per heavy atom. The zero-order valence-corrected chi connectivity index (χ0v) is 11.0. The molecule has 0 amide bonds. The van der Waals surface area contributed by atoms with Gasteiger partial charge in [-0.25, -0.2) is 9.78 Å². The lowest BCUT2D eigenvalue weighted by Crippen LogP contribution is -2.24. The number of aromatic nitrogens is 1. The number of nitrogens with zero attached hydrogens (tertiary/aromatic N) is 2. The average Bonchev–Trinajstić information content (AvgIpc) is 2.95. The molecule has 1 aliphatic rings. The molecule has 0 spiro atoms. The Morgan fingerprint density at radius 1 is 1.37 bits per heavy atom. The van der Waals surface area contributed by atoms with Crippen LogP contribution in [0.15, 0.2) is 18.3 Å². The van der Waals surface area contributed by atoms with E-state index in [2.05, 4.69) is 9.72 Å². The van der Waals surface area contributed by atoms with E-state index in [9.17, 15) is 9.59 Å². The Morgan fingerprint density at radius 2 is 2.16 bits per heavy atom. The monoisotopic (exact) mass is 264 g/mol. The highest BCUT2D eigenvalue weighted by molar-refractivity contribution is 5.90. The molecule has 1 aromatic rings. The van der Waals surface area contributed by atoms with Crippen molar-refractivity contribution in [2.24, 2.45) is 5.92 Å². The van der Waals surface area contributed by atoms with Gasteiger partial charge in [-0.2, -0.15) is 0 Å². The van der Waals surface area contributed by atoms with Crippen LogP contribution in [0, 0.1) is 5.92 Å². The molecule has 19 heavy (non-hydrogen) atoms. The summed E-state index contributed by atoms with van der Waals surface area (Å²) in [5, 5.41) is 0. The smallest absolute Gasteiger partial charge is 0.338 e. The first kappa shape index (κ1) is 13.3. The third-order valence-corrected chi connectivity index (χ3v) is 3.21. The molecule has 6 nitrogen and oxygen atoms in total. The summed E-state index contributed by atoms with van der Waals surface area (Å²) in [6, 6.07) is 3.27. The highest BCUT2D eigenvalue weighted by Crippen LogP contribution is 2.23. The fraction of sp³-hybridized carbons (Fsp3) is 0.462. The van der Waals surface area contributed by atoms with Crippen LogP contribution in [-0.2, 0) is 14.3 Å². The van der Waals surface area contributed by atoms with Crippen molar-refractivity contribution < 1.29 is 19.1 Å². The molecular weight excluding hydrogens is 248 g/mol. The van der Waals surface area contributed by atoms with E-state index < -0.39 is 5.97 Å². The van der Waals surface area contributed by atoms with Crippen LogP contribution < -0.4 is 4.90 Å². The van der Waals surface area contributed by atoms with Gasteiger partial charge >= 0.3 is 11.9 Å². The predicted molar refractivity (Wildman–Crippen MR) is 67.9 cm³/mol. The average molecular weight is 264 g/mol. The number of pyridine rings is 1. The molecule has 0 aromatic carbocycles. The quantitative estimate of drug-likeness (QED) is 0.754. The Bertz CT molecular complexity index is 489. The summed E-state index contributed by atoms with van der Waals surface area (Å²) >= 11 is 0. The second-order valence-corrected chi connectivity index (χ2v) is 4.35. The number of methoxy groups -OCH3 is 2. The van der Waals surface area contributed by atoms with Crippen LogP contribution in [0.25, 0.3) is 0 Å². The SMILES string of the molecule is COC(=O)c1ccnc(N2CCC(C(=O)OC)C2)c1. The summed E-state index contributed by atoms with van der Waals surface area (Å²) in [5.74, 6) is -0.0538. The lowest BCUT2D eigenvalue weighted by Gasteiger charge is -2.17. The lowest BCUT2D eigenvalue weighted by molar-refractivity contribution is -0.144. The molecule has 1 aromatic heterocycles. The fourth-order valence-corrected chi connectivity index (χ4v) is 2.16. The second kappa shape index (κ2) is 5.69. The fourth-order valence-electron chi connectivity index (χ4n) is 2.16. The van der Waals surface area contributed by atoms with Gasteiger partial charge in [0.1, 0.15) is 5.82 Å². The summed E-state index contributed by atoms with van der Waals surface area (Å²) in [6.07, 6.45) is 2.30. The van der Waals surface area contributed by atoms with Gasteiger partial charge in [0, 0.05) is 19.3 Å². The summed E-state index contributed by atoms with van der Waals surface area (Å²) in [5.41, 5.74) is 0.453. The van der Waals surface area contributed by atoms with Crippen LogP contribution in [0.5, 0.6) is 0 Å². The van der Waals surface area contributed by atoms with Crippen LogP contribution >= 0.6 is 0 Å². The van der Waals surface area contributed by atoms with E-state index in [0.29, 0.717) is 17.9 Å². The van der Waals surface area contributed by atoms with Gasteiger partial charge in [-0.15, -0.1) is 0 Å². The third-order valence-electron chi connectivity index (χ3n) is 3.21. The summed E-state index contributed by atoms with van der Waals surface area (Å²) in [4.78, 5) is 29.1. The first-order chi connectivity index (χ1) is 9.15. The van der Waals surface area contributed by atoms with Gasteiger partial charge < -0.3 is 14.4 Å². The van der Waals surface area contributed by atoms with Gasteiger partial charge in [-0.3, -0.25) is 4.79 Å². The minimum atomic E-state index is -0.396. The Kier molecular flexibility index (Phi) is 3.99. The van der Waals surface area contributed by atoms with Crippen molar-refractivity contribution in [3.63, 3.8) is 0 Å². The zero-order chi connectivity index (χ0) is 13.8. The van der Waals surface area contributed by atoms with Crippen LogP contribution in [-0.4, -0.2) is 44.2 Å². The van der Waals surface area contributed by atoms with E-state index in [1.54, 1.807) is 18.3 Å². The Balaban J connectivity index is 2.11. The van der Waals surface area contributed by atoms with Crippen molar-refractivity contribution >= 4 is 17.8 Å². The summed E-state index contributed by atoms with van der Waals surface area (Å²) < 4.78 is 9.41. The Hall–Kier alpha value is -2.11. The van der Waals surface area contributed by atoms with Crippen LogP contribution in [0.1, 0.15) is 16.8 Å². The predicted octanol–water partition coefficient (Wildman–Crippen LogP) is 0.867. The van der Waals surface area contributed by atoms with E-state index in [-0.39, 0.29) is 11.9 Å². The molecule has 1 atom stereocenters. The molecule has 1 fully saturated rings. The topological polar surface area (TPSA) is 68.7 Å². The van der Waals surface area contributed by atoms with Crippen LogP contribution in [0.4, 0.5) is 5.82 Å². The standard InChI is InChI=1S/C13H16N2O4/c1-18-12(16)9-3-5-14-11(7-9)15-6-4-10(8-15)13(17)19-2/h3,5,7,10H,4,6,8H2,1-2H3. The number of carbonyl (C=O) groups is 2. The molecule has 0 bridgehead atoms. The number of carbonyl (C=O) groups excluding carboxylic acids is 2. The first-order valence-corrected chi connectivity index (χ1v) is 6.03. The maximum atomic E-state index is 11.5. The number of ether oxygens (including phenoxy) is 2. The first-order valence-electron chi connectivity index (χ1n) is 6.03. The number of hydrogen-bond acceptors (Lipinski definition) is 6. The maximum absolute atomic E-state index is 11.5. The van der Waals surface area contributed by atoms with Crippen molar-refractivity contribution in [1.29, 1.82) is 0 Å². The molecule has 0 N–H and O–H groups in total. The molecule has 0 saturated carbocycles. The number of rotatable bonds is 3. The maximum Gasteiger partial charge on any atom is 0.338 e. The van der Waals surface area contributed by atoms with E-state index in [4.69, 9.17) is 4.74 Å². The Labute approximate surface area is 111 Å². The molecule has 2 heterocycles. The van der Waals surface area contributed by atoms with E-state index >= 15 is 0 Å². The highest BCUT2D eigenvalue weighted by Gasteiger charge is 2.29. The molecule has 6 heteroatoms. The number of esters is 2. The van der Waals surface area contributed by atoms with Crippen molar-refractivity contribution in [2.45, 2.75) is 6.42 Å². The number of hydrogen-bond donors (Lipinski definition) is 0. The molecule has 0 radical (unpaired) electrons. The van der Waals surface area contributed by atoms with Gasteiger partial charge in [-0.1, -0.05) is 0 Å². The second-order valence-electron chi connectivity index (χ2n) is 4.35. The van der Waals surface area contributed by atoms with Gasteiger partial charge in [0.15, 0.2) is 0 Å². The highest BCUT2D eigenvalue weighted by atomic mass is 16.5. The van der Waals surface area contributed by atoms with Gasteiger partial charge in [0.2, 0.25) is 0 Å². The number of anilines is 1. The lowest BCUT2D eigenvalue weighted by atomic mass is 10.1. The molecule has 1 saturated heterocycles. The zero-order valence-electron chi connectivity index (χ0n) is 11.0. The van der Waals surface area contributed by atoms with E-state index in [1.165, 1.54) is 14.2 Å². The van der Waals surface area contributed by atoms with Gasteiger partial charge in [-0.05, 0) is 18.6 Å². The summed E-state index contributed by atoms with van der Waals surface area (Å²) in [6.45, 7) is 1.28.